The molecule has 0 fully saturated rings. The van der Waals surface area contributed by atoms with Gasteiger partial charge in [0, 0.05) is 12.1 Å². The normalized spacial score (nSPS) is 11.4. The number of nitrogens with zero attached hydrogens (tertiary/aromatic N) is 2. The number of benzene rings is 3. The van der Waals surface area contributed by atoms with Crippen molar-refractivity contribution in [3.63, 3.8) is 0 Å². The summed E-state index contributed by atoms with van der Waals surface area (Å²) < 4.78 is 13.4. The standard InChI is InChI=1S/C29H33N3O3/c1-29(2,3)22-13-15-23(16-14-22)35-18-8-17-32-26-12-6-5-11-25(26)31-27(32)20-30-28(33)21-9-7-10-24(19-21)34-4/h5-7,9-16,19H,8,17-18,20H2,1-4H3,(H,30,33). The van der Waals surface area contributed by atoms with Gasteiger partial charge in [-0.15, -0.1) is 0 Å². The maximum absolute atomic E-state index is 12.7. The Labute approximate surface area is 206 Å². The Morgan fingerprint density at radius 2 is 1.74 bits per heavy atom. The lowest BCUT2D eigenvalue weighted by Gasteiger charge is -2.19. The number of hydrogen-bond donors (Lipinski definition) is 1. The molecule has 0 unspecified atom stereocenters. The number of hydrogen-bond acceptors (Lipinski definition) is 4. The number of nitrogens with one attached hydrogen (secondary N) is 1. The number of aryl methyl sites for hydroxylation is 1. The molecule has 4 aromatic rings. The van der Waals surface area contributed by atoms with Crippen molar-refractivity contribution in [2.45, 2.75) is 45.7 Å². The van der Waals surface area contributed by atoms with Crippen LogP contribution in [0.4, 0.5) is 0 Å². The van der Waals surface area contributed by atoms with Crippen LogP contribution in [0.1, 0.15) is 48.9 Å². The lowest BCUT2D eigenvalue weighted by Crippen LogP contribution is -2.25. The number of fused-ring (bicyclic) bond motifs is 1. The zero-order valence-electron chi connectivity index (χ0n) is 20.9. The van der Waals surface area contributed by atoms with Crippen molar-refractivity contribution in [1.29, 1.82) is 0 Å². The molecule has 6 nitrogen and oxygen atoms in total. The summed E-state index contributed by atoms with van der Waals surface area (Å²) in [6.07, 6.45) is 0.818. The highest BCUT2D eigenvalue weighted by Gasteiger charge is 2.14. The Morgan fingerprint density at radius 3 is 2.49 bits per heavy atom. The summed E-state index contributed by atoms with van der Waals surface area (Å²) in [6.45, 7) is 8.28. The van der Waals surface area contributed by atoms with Crippen LogP contribution in [-0.2, 0) is 18.5 Å². The van der Waals surface area contributed by atoms with Crippen molar-refractivity contribution >= 4 is 16.9 Å². The van der Waals surface area contributed by atoms with Gasteiger partial charge in [0.15, 0.2) is 0 Å². The Morgan fingerprint density at radius 1 is 0.971 bits per heavy atom. The number of para-hydroxylation sites is 2. The second-order valence-electron chi connectivity index (χ2n) is 9.56. The first kappa shape index (κ1) is 24.3. The number of imidazole rings is 1. The van der Waals surface area contributed by atoms with Crippen LogP contribution in [0, 0.1) is 0 Å². The molecule has 0 aliphatic carbocycles. The molecule has 0 atom stereocenters. The lowest BCUT2D eigenvalue weighted by molar-refractivity contribution is 0.0949. The van der Waals surface area contributed by atoms with Crippen molar-refractivity contribution in [2.75, 3.05) is 13.7 Å². The number of amides is 1. The molecule has 1 amide bonds. The minimum atomic E-state index is -0.162. The third-order valence-electron chi connectivity index (χ3n) is 5.99. The van der Waals surface area contributed by atoms with E-state index < -0.39 is 0 Å². The quantitative estimate of drug-likeness (QED) is 0.316. The van der Waals surface area contributed by atoms with Crippen LogP contribution in [0.15, 0.2) is 72.8 Å². The number of rotatable bonds is 9. The minimum Gasteiger partial charge on any atom is -0.497 e. The summed E-state index contributed by atoms with van der Waals surface area (Å²) in [4.78, 5) is 17.5. The molecular weight excluding hydrogens is 438 g/mol. The zero-order valence-corrected chi connectivity index (χ0v) is 20.9. The molecule has 1 N–H and O–H groups in total. The number of ether oxygens (including phenoxy) is 2. The number of carbonyl (C=O) groups excluding carboxylic acids is 1. The van der Waals surface area contributed by atoms with Gasteiger partial charge in [-0.3, -0.25) is 4.79 Å². The highest BCUT2D eigenvalue weighted by molar-refractivity contribution is 5.94. The van der Waals surface area contributed by atoms with E-state index in [9.17, 15) is 4.79 Å². The summed E-state index contributed by atoms with van der Waals surface area (Å²) in [5, 5.41) is 2.99. The summed E-state index contributed by atoms with van der Waals surface area (Å²) in [5.41, 5.74) is 3.93. The first-order valence-corrected chi connectivity index (χ1v) is 11.9. The van der Waals surface area contributed by atoms with Gasteiger partial charge < -0.3 is 19.4 Å². The molecule has 6 heteroatoms. The molecule has 1 aromatic heterocycles. The fraction of sp³-hybridized carbons (Fsp3) is 0.310. The zero-order chi connectivity index (χ0) is 24.8. The number of aromatic nitrogens is 2. The fourth-order valence-corrected chi connectivity index (χ4v) is 4.00. The van der Waals surface area contributed by atoms with Crippen LogP contribution in [0.3, 0.4) is 0 Å². The van der Waals surface area contributed by atoms with E-state index >= 15 is 0 Å². The number of methoxy groups -OCH3 is 1. The van der Waals surface area contributed by atoms with Crippen LogP contribution < -0.4 is 14.8 Å². The molecule has 0 aliphatic heterocycles. The van der Waals surface area contributed by atoms with E-state index in [1.807, 2.05) is 36.4 Å². The van der Waals surface area contributed by atoms with Crippen LogP contribution in [-0.4, -0.2) is 29.2 Å². The predicted octanol–water partition coefficient (Wildman–Crippen LogP) is 5.74. The summed E-state index contributed by atoms with van der Waals surface area (Å²) in [7, 11) is 1.59. The maximum Gasteiger partial charge on any atom is 0.251 e. The summed E-state index contributed by atoms with van der Waals surface area (Å²) >= 11 is 0. The Kier molecular flexibility index (Phi) is 7.39. The van der Waals surface area contributed by atoms with Crippen molar-refractivity contribution in [3.05, 3.63) is 89.7 Å². The third kappa shape index (κ3) is 6.01. The van der Waals surface area contributed by atoms with E-state index in [0.717, 1.165) is 35.6 Å². The molecule has 35 heavy (non-hydrogen) atoms. The Bertz CT molecular complexity index is 1290. The molecule has 1 heterocycles. The predicted molar refractivity (Wildman–Crippen MR) is 139 cm³/mol. The van der Waals surface area contributed by atoms with Gasteiger partial charge in [-0.2, -0.15) is 0 Å². The average molecular weight is 472 g/mol. The molecule has 0 saturated heterocycles. The second kappa shape index (κ2) is 10.6. The molecule has 4 rings (SSSR count). The van der Waals surface area contributed by atoms with Crippen LogP contribution in [0.2, 0.25) is 0 Å². The van der Waals surface area contributed by atoms with Gasteiger partial charge in [0.05, 0.1) is 31.3 Å². The molecule has 182 valence electrons. The van der Waals surface area contributed by atoms with Gasteiger partial charge in [0.1, 0.15) is 17.3 Å². The minimum absolute atomic E-state index is 0.124. The molecule has 0 saturated carbocycles. The van der Waals surface area contributed by atoms with Gasteiger partial charge in [-0.25, -0.2) is 4.98 Å². The average Bonchev–Trinajstić information content (AvgIpc) is 3.22. The second-order valence-corrected chi connectivity index (χ2v) is 9.56. The van der Waals surface area contributed by atoms with Crippen LogP contribution >= 0.6 is 0 Å². The van der Waals surface area contributed by atoms with Crippen molar-refractivity contribution in [3.8, 4) is 11.5 Å². The SMILES string of the molecule is COc1cccc(C(=O)NCc2nc3ccccc3n2CCCOc2ccc(C(C)(C)C)cc2)c1. The highest BCUT2D eigenvalue weighted by atomic mass is 16.5. The summed E-state index contributed by atoms with van der Waals surface area (Å²) in [6, 6.07) is 23.5. The molecule has 0 radical (unpaired) electrons. The first-order valence-electron chi connectivity index (χ1n) is 11.9. The van der Waals surface area contributed by atoms with E-state index in [1.54, 1.807) is 25.3 Å². The highest BCUT2D eigenvalue weighted by Crippen LogP contribution is 2.24. The molecular formula is C29H33N3O3. The van der Waals surface area contributed by atoms with Crippen LogP contribution in [0.5, 0.6) is 11.5 Å². The molecule has 3 aromatic carbocycles. The monoisotopic (exact) mass is 471 g/mol. The van der Waals surface area contributed by atoms with Crippen molar-refractivity contribution < 1.29 is 14.3 Å². The topological polar surface area (TPSA) is 65.4 Å². The smallest absolute Gasteiger partial charge is 0.251 e. The van der Waals surface area contributed by atoms with Crippen molar-refractivity contribution in [1.82, 2.24) is 14.9 Å². The van der Waals surface area contributed by atoms with E-state index in [0.29, 0.717) is 24.5 Å². The van der Waals surface area contributed by atoms with Crippen molar-refractivity contribution in [2.24, 2.45) is 0 Å². The Hall–Kier alpha value is -3.80. The first-order chi connectivity index (χ1) is 16.8. The summed E-state index contributed by atoms with van der Waals surface area (Å²) in [5.74, 6) is 2.18. The molecule has 0 aliphatic rings. The van der Waals surface area contributed by atoms with Gasteiger partial charge in [0.25, 0.3) is 5.91 Å². The van der Waals surface area contributed by atoms with E-state index in [-0.39, 0.29) is 11.3 Å². The maximum atomic E-state index is 12.7. The van der Waals surface area contributed by atoms with Gasteiger partial charge in [-0.1, -0.05) is 51.1 Å². The van der Waals surface area contributed by atoms with Gasteiger partial charge in [0.2, 0.25) is 0 Å². The Balaban J connectivity index is 1.39. The van der Waals surface area contributed by atoms with Gasteiger partial charge in [-0.05, 0) is 59.9 Å². The third-order valence-corrected chi connectivity index (χ3v) is 5.99. The number of carbonyl (C=O) groups is 1. The largest absolute Gasteiger partial charge is 0.497 e. The van der Waals surface area contributed by atoms with E-state index in [1.165, 1.54) is 5.56 Å². The van der Waals surface area contributed by atoms with Gasteiger partial charge >= 0.3 is 0 Å². The van der Waals surface area contributed by atoms with E-state index in [4.69, 9.17) is 14.5 Å². The van der Waals surface area contributed by atoms with E-state index in [2.05, 4.69) is 48.9 Å². The lowest BCUT2D eigenvalue weighted by atomic mass is 9.87. The van der Waals surface area contributed by atoms with Crippen LogP contribution in [0.25, 0.3) is 11.0 Å². The molecule has 0 spiro atoms. The fourth-order valence-electron chi connectivity index (χ4n) is 4.00. The molecule has 0 bridgehead atoms.